The number of halogens is 1. The predicted octanol–water partition coefficient (Wildman–Crippen LogP) is 2.60. The van der Waals surface area contributed by atoms with Crippen molar-refractivity contribution < 1.29 is 0 Å². The van der Waals surface area contributed by atoms with E-state index in [0.29, 0.717) is 16.1 Å². The predicted molar refractivity (Wildman–Crippen MR) is 57.1 cm³/mol. The molecule has 0 aliphatic rings. The molecule has 0 amide bonds. The van der Waals surface area contributed by atoms with Crippen LogP contribution in [-0.4, -0.2) is 15.7 Å². The van der Waals surface area contributed by atoms with Crippen molar-refractivity contribution in [3.63, 3.8) is 0 Å². The van der Waals surface area contributed by atoms with Crippen molar-refractivity contribution in [3.05, 3.63) is 11.2 Å². The average Bonchev–Trinajstić information content (AvgIpc) is 2.03. The Morgan fingerprint density at radius 1 is 1.54 bits per heavy atom. The van der Waals surface area contributed by atoms with Crippen LogP contribution in [0.2, 0.25) is 5.15 Å². The van der Waals surface area contributed by atoms with Gasteiger partial charge in [0.1, 0.15) is 11.0 Å². The highest BCUT2D eigenvalue weighted by Gasteiger charge is 2.00. The molecule has 3 nitrogen and oxygen atoms in total. The number of nitrogens with two attached hydrogens (primary N) is 1. The molecule has 0 radical (unpaired) electrons. The first-order chi connectivity index (χ1) is 6.22. The summed E-state index contributed by atoms with van der Waals surface area (Å²) in [5.74, 6) is 1.44. The Kier molecular flexibility index (Phi) is 4.32. The van der Waals surface area contributed by atoms with Gasteiger partial charge in [0, 0.05) is 11.8 Å². The molecule has 1 rings (SSSR count). The zero-order valence-electron chi connectivity index (χ0n) is 7.46. The van der Waals surface area contributed by atoms with Crippen LogP contribution >= 0.6 is 23.4 Å². The van der Waals surface area contributed by atoms with Crippen LogP contribution in [0, 0.1) is 0 Å². The lowest BCUT2D eigenvalue weighted by Gasteiger charge is -2.00. The molecule has 13 heavy (non-hydrogen) atoms. The van der Waals surface area contributed by atoms with Gasteiger partial charge in [-0.2, -0.15) is 0 Å². The number of nitrogen functional groups attached to an aromatic ring is 1. The lowest BCUT2D eigenvalue weighted by atomic mass is 10.4. The highest BCUT2D eigenvalue weighted by molar-refractivity contribution is 7.99. The smallest absolute Gasteiger partial charge is 0.190 e. The minimum absolute atomic E-state index is 0.409. The number of hydrogen-bond acceptors (Lipinski definition) is 4. The fourth-order valence-corrected chi connectivity index (χ4v) is 1.98. The number of thioether (sulfide) groups is 1. The van der Waals surface area contributed by atoms with E-state index < -0.39 is 0 Å². The Morgan fingerprint density at radius 3 is 2.92 bits per heavy atom. The first-order valence-corrected chi connectivity index (χ1v) is 5.51. The highest BCUT2D eigenvalue weighted by atomic mass is 35.5. The van der Waals surface area contributed by atoms with Crippen molar-refractivity contribution in [1.82, 2.24) is 9.97 Å². The van der Waals surface area contributed by atoms with Crippen LogP contribution in [0.25, 0.3) is 0 Å². The van der Waals surface area contributed by atoms with Crippen molar-refractivity contribution in [2.75, 3.05) is 11.5 Å². The van der Waals surface area contributed by atoms with Crippen LogP contribution in [0.15, 0.2) is 11.2 Å². The molecule has 0 bridgehead atoms. The third-order valence-electron chi connectivity index (χ3n) is 1.42. The molecule has 72 valence electrons. The average molecular weight is 218 g/mol. The highest BCUT2D eigenvalue weighted by Crippen LogP contribution is 2.18. The number of hydrogen-bond donors (Lipinski definition) is 1. The molecular formula is C8H12ClN3S. The fourth-order valence-electron chi connectivity index (χ4n) is 0.786. The maximum Gasteiger partial charge on any atom is 0.190 e. The Hall–Kier alpha value is -0.480. The molecular weight excluding hydrogens is 206 g/mol. The lowest BCUT2D eigenvalue weighted by Crippen LogP contribution is -1.95. The van der Waals surface area contributed by atoms with Gasteiger partial charge in [-0.05, 0) is 6.42 Å². The molecule has 1 aromatic heterocycles. The van der Waals surface area contributed by atoms with E-state index in [0.717, 1.165) is 12.2 Å². The Morgan fingerprint density at radius 2 is 2.31 bits per heavy atom. The van der Waals surface area contributed by atoms with Gasteiger partial charge in [-0.25, -0.2) is 9.97 Å². The molecule has 5 heteroatoms. The summed E-state index contributed by atoms with van der Waals surface area (Å²) >= 11 is 7.31. The summed E-state index contributed by atoms with van der Waals surface area (Å²) in [5.41, 5.74) is 5.51. The van der Waals surface area contributed by atoms with Gasteiger partial charge in [-0.15, -0.1) is 0 Å². The van der Waals surface area contributed by atoms with Crippen LogP contribution in [0.4, 0.5) is 5.82 Å². The number of anilines is 1. The van der Waals surface area contributed by atoms with E-state index in [2.05, 4.69) is 16.9 Å². The second-order valence-electron chi connectivity index (χ2n) is 2.60. The van der Waals surface area contributed by atoms with Crippen LogP contribution in [-0.2, 0) is 0 Å². The van der Waals surface area contributed by atoms with Crippen molar-refractivity contribution in [2.45, 2.75) is 24.9 Å². The molecule has 0 fully saturated rings. The fraction of sp³-hybridized carbons (Fsp3) is 0.500. The maximum atomic E-state index is 5.72. The molecule has 0 aliphatic heterocycles. The van der Waals surface area contributed by atoms with Gasteiger partial charge in [-0.3, -0.25) is 0 Å². The molecule has 1 aromatic rings. The van der Waals surface area contributed by atoms with Crippen LogP contribution in [0.3, 0.4) is 0 Å². The van der Waals surface area contributed by atoms with Crippen molar-refractivity contribution in [3.8, 4) is 0 Å². The summed E-state index contributed by atoms with van der Waals surface area (Å²) in [6.45, 7) is 2.15. The summed E-state index contributed by atoms with van der Waals surface area (Å²) in [4.78, 5) is 8.09. The minimum Gasteiger partial charge on any atom is -0.384 e. The van der Waals surface area contributed by atoms with E-state index in [1.165, 1.54) is 6.42 Å². The number of nitrogens with zero attached hydrogens (tertiary/aromatic N) is 2. The molecule has 0 saturated heterocycles. The zero-order valence-corrected chi connectivity index (χ0v) is 9.03. The van der Waals surface area contributed by atoms with E-state index >= 15 is 0 Å². The molecule has 0 unspecified atom stereocenters. The molecule has 0 saturated carbocycles. The third-order valence-corrected chi connectivity index (χ3v) is 2.55. The van der Waals surface area contributed by atoms with Crippen molar-refractivity contribution in [1.29, 1.82) is 0 Å². The zero-order chi connectivity index (χ0) is 9.68. The molecule has 0 aromatic carbocycles. The Labute approximate surface area is 87.1 Å². The molecule has 0 spiro atoms. The second kappa shape index (κ2) is 5.29. The number of unbranched alkanes of at least 4 members (excludes halogenated alkanes) is 1. The van der Waals surface area contributed by atoms with Gasteiger partial charge in [0.15, 0.2) is 5.16 Å². The van der Waals surface area contributed by atoms with Gasteiger partial charge >= 0.3 is 0 Å². The minimum atomic E-state index is 0.409. The first kappa shape index (κ1) is 10.6. The summed E-state index contributed by atoms with van der Waals surface area (Å²) in [7, 11) is 0. The largest absolute Gasteiger partial charge is 0.384 e. The third kappa shape index (κ3) is 3.83. The lowest BCUT2D eigenvalue weighted by molar-refractivity contribution is 0.889. The topological polar surface area (TPSA) is 51.8 Å². The molecule has 2 N–H and O–H groups in total. The molecule has 1 heterocycles. The van der Waals surface area contributed by atoms with E-state index in [1.807, 2.05) is 0 Å². The summed E-state index contributed by atoms with van der Waals surface area (Å²) in [5, 5.41) is 1.07. The first-order valence-electron chi connectivity index (χ1n) is 4.15. The van der Waals surface area contributed by atoms with E-state index in [1.54, 1.807) is 17.8 Å². The maximum absolute atomic E-state index is 5.72. The number of aromatic nitrogens is 2. The monoisotopic (exact) mass is 217 g/mol. The quantitative estimate of drug-likeness (QED) is 0.365. The molecule has 0 aliphatic carbocycles. The van der Waals surface area contributed by atoms with E-state index in [9.17, 15) is 0 Å². The normalized spacial score (nSPS) is 10.3. The summed E-state index contributed by atoms with van der Waals surface area (Å²) in [6, 6.07) is 1.55. The molecule has 0 atom stereocenters. The van der Waals surface area contributed by atoms with E-state index in [-0.39, 0.29) is 0 Å². The van der Waals surface area contributed by atoms with Gasteiger partial charge in [-0.1, -0.05) is 36.7 Å². The van der Waals surface area contributed by atoms with Gasteiger partial charge in [0.2, 0.25) is 0 Å². The SMILES string of the molecule is CCCCSc1nc(N)cc(Cl)n1. The van der Waals surface area contributed by atoms with Crippen LogP contribution in [0.1, 0.15) is 19.8 Å². The van der Waals surface area contributed by atoms with Gasteiger partial charge in [0.25, 0.3) is 0 Å². The Bertz CT molecular complexity index is 260. The second-order valence-corrected chi connectivity index (χ2v) is 4.05. The van der Waals surface area contributed by atoms with Crippen LogP contribution < -0.4 is 5.73 Å². The standard InChI is InChI=1S/C8H12ClN3S/c1-2-3-4-13-8-11-6(9)5-7(10)12-8/h5H,2-4H2,1H3,(H2,10,11,12). The van der Waals surface area contributed by atoms with E-state index in [4.69, 9.17) is 17.3 Å². The summed E-state index contributed by atoms with van der Waals surface area (Å²) < 4.78 is 0. The Balaban J connectivity index is 2.56. The van der Waals surface area contributed by atoms with Crippen LogP contribution in [0.5, 0.6) is 0 Å². The number of rotatable bonds is 4. The summed E-state index contributed by atoms with van der Waals surface area (Å²) in [6.07, 6.45) is 2.32. The van der Waals surface area contributed by atoms with Crippen molar-refractivity contribution in [2.24, 2.45) is 0 Å². The van der Waals surface area contributed by atoms with Crippen molar-refractivity contribution >= 4 is 29.2 Å². The van der Waals surface area contributed by atoms with Gasteiger partial charge in [0.05, 0.1) is 0 Å². The van der Waals surface area contributed by atoms with Gasteiger partial charge < -0.3 is 5.73 Å².